The van der Waals surface area contributed by atoms with Crippen LogP contribution >= 0.6 is 0 Å². The van der Waals surface area contributed by atoms with Crippen molar-refractivity contribution in [1.82, 2.24) is 10.2 Å². The van der Waals surface area contributed by atoms with E-state index in [9.17, 15) is 19.2 Å². The molecular weight excluding hydrogens is 418 g/mol. The fourth-order valence-corrected chi connectivity index (χ4v) is 4.60. The smallest absolute Gasteiger partial charge is 0.319 e. The number of urea groups is 1. The molecule has 3 aromatic rings. The molecule has 0 aromatic heterocycles. The number of hydrogen-bond acceptors (Lipinski definition) is 4. The highest BCUT2D eigenvalue weighted by Gasteiger charge is 2.49. The number of amides is 4. The molecule has 0 spiro atoms. The van der Waals surface area contributed by atoms with Crippen LogP contribution < -0.4 is 10.2 Å². The van der Waals surface area contributed by atoms with Gasteiger partial charge in [-0.2, -0.15) is 0 Å². The van der Waals surface area contributed by atoms with Crippen molar-refractivity contribution in [2.24, 2.45) is 0 Å². The number of nitrogens with one attached hydrogen (secondary N) is 1. The Bertz CT molecular complexity index is 1350. The van der Waals surface area contributed by atoms with Gasteiger partial charge in [0, 0.05) is 24.7 Å². The molecule has 33 heavy (non-hydrogen) atoms. The predicted molar refractivity (Wildman–Crippen MR) is 124 cm³/mol. The Hall–Kier alpha value is -4.00. The molecule has 0 saturated carbocycles. The van der Waals surface area contributed by atoms with Crippen molar-refractivity contribution in [3.05, 3.63) is 77.4 Å². The number of Topliss-reactive ketones (excluding diaryl/α,β-unsaturated/α-hetero) is 1. The number of carbonyl (C=O) groups excluding carboxylic acids is 4. The molecule has 166 valence electrons. The van der Waals surface area contributed by atoms with Gasteiger partial charge in [0.2, 0.25) is 5.91 Å². The Morgan fingerprint density at radius 2 is 1.73 bits per heavy atom. The van der Waals surface area contributed by atoms with E-state index in [0.29, 0.717) is 24.0 Å². The molecule has 5 rings (SSSR count). The molecule has 2 aliphatic heterocycles. The summed E-state index contributed by atoms with van der Waals surface area (Å²) >= 11 is 0. The van der Waals surface area contributed by atoms with Crippen molar-refractivity contribution in [3.63, 3.8) is 0 Å². The van der Waals surface area contributed by atoms with Crippen LogP contribution in [0.1, 0.15) is 34.8 Å². The van der Waals surface area contributed by atoms with Crippen molar-refractivity contribution in [3.8, 4) is 0 Å². The molecule has 0 aliphatic carbocycles. The third-order valence-corrected chi connectivity index (χ3v) is 6.65. The van der Waals surface area contributed by atoms with Gasteiger partial charge in [-0.05, 0) is 59.5 Å². The standard InChI is InChI=1S/C26H23N3O4/c1-26(20-10-7-16-5-3-4-6-17(16)14-20)24(32)29(25(33)27-26)15-22(30)19-8-11-21-18(13-19)9-12-23(31)28(21)2/h3-8,10-11,13-14H,9,12,15H2,1-2H3,(H,27,33). The van der Waals surface area contributed by atoms with Crippen molar-refractivity contribution in [1.29, 1.82) is 0 Å². The van der Waals surface area contributed by atoms with Gasteiger partial charge in [0.05, 0.1) is 6.54 Å². The molecule has 0 radical (unpaired) electrons. The molecule has 1 saturated heterocycles. The van der Waals surface area contributed by atoms with Gasteiger partial charge in [-0.25, -0.2) is 4.79 Å². The molecule has 0 bridgehead atoms. The highest BCUT2D eigenvalue weighted by molar-refractivity contribution is 6.11. The van der Waals surface area contributed by atoms with E-state index in [1.807, 2.05) is 42.5 Å². The molecule has 1 fully saturated rings. The topological polar surface area (TPSA) is 86.8 Å². The molecule has 7 nitrogen and oxygen atoms in total. The third kappa shape index (κ3) is 3.36. The van der Waals surface area contributed by atoms with Gasteiger partial charge < -0.3 is 10.2 Å². The highest BCUT2D eigenvalue weighted by Crippen LogP contribution is 2.32. The first kappa shape index (κ1) is 20.9. The SMILES string of the molecule is CN1C(=O)CCc2cc(C(=O)CN3C(=O)NC(C)(c4ccc5ccccc5c4)C3=O)ccc21. The summed E-state index contributed by atoms with van der Waals surface area (Å²) in [6.45, 7) is 1.31. The number of nitrogens with zero attached hydrogens (tertiary/aromatic N) is 2. The van der Waals surface area contributed by atoms with Crippen molar-refractivity contribution < 1.29 is 19.2 Å². The first-order valence-electron chi connectivity index (χ1n) is 10.8. The zero-order valence-corrected chi connectivity index (χ0v) is 18.4. The first-order chi connectivity index (χ1) is 15.8. The largest absolute Gasteiger partial charge is 0.325 e. The van der Waals surface area contributed by atoms with Gasteiger partial charge in [-0.3, -0.25) is 19.3 Å². The van der Waals surface area contributed by atoms with Gasteiger partial charge in [-0.15, -0.1) is 0 Å². The number of hydrogen-bond donors (Lipinski definition) is 1. The maximum atomic E-state index is 13.3. The summed E-state index contributed by atoms with van der Waals surface area (Å²) in [5.74, 6) is -0.753. The first-order valence-corrected chi connectivity index (χ1v) is 10.8. The van der Waals surface area contributed by atoms with E-state index < -0.39 is 17.5 Å². The van der Waals surface area contributed by atoms with Gasteiger partial charge >= 0.3 is 6.03 Å². The lowest BCUT2D eigenvalue weighted by Crippen LogP contribution is -2.41. The average Bonchev–Trinajstić information content (AvgIpc) is 3.04. The number of carbonyl (C=O) groups is 4. The maximum absolute atomic E-state index is 13.3. The minimum absolute atomic E-state index is 0.0360. The molecule has 1 atom stereocenters. The van der Waals surface area contributed by atoms with Crippen molar-refractivity contribution in [2.45, 2.75) is 25.3 Å². The van der Waals surface area contributed by atoms with Crippen LogP contribution in [0.25, 0.3) is 10.8 Å². The summed E-state index contributed by atoms with van der Waals surface area (Å²) in [5, 5.41) is 4.77. The molecule has 1 unspecified atom stereocenters. The van der Waals surface area contributed by atoms with Crippen LogP contribution in [0.2, 0.25) is 0 Å². The summed E-state index contributed by atoms with van der Waals surface area (Å²) in [7, 11) is 1.71. The summed E-state index contributed by atoms with van der Waals surface area (Å²) in [4.78, 5) is 53.5. The summed E-state index contributed by atoms with van der Waals surface area (Å²) in [6, 6.07) is 18.0. The molecular formula is C26H23N3O4. The van der Waals surface area contributed by atoms with E-state index in [-0.39, 0.29) is 18.2 Å². The van der Waals surface area contributed by atoms with Crippen LogP contribution in [0, 0.1) is 0 Å². The van der Waals surface area contributed by atoms with Crippen LogP contribution in [0.15, 0.2) is 60.7 Å². The van der Waals surface area contributed by atoms with Gasteiger partial charge in [0.1, 0.15) is 5.54 Å². The number of benzene rings is 3. The van der Waals surface area contributed by atoms with Gasteiger partial charge in [0.15, 0.2) is 5.78 Å². The van der Waals surface area contributed by atoms with E-state index in [0.717, 1.165) is 26.9 Å². The van der Waals surface area contributed by atoms with Crippen LogP contribution in [-0.2, 0) is 21.5 Å². The molecule has 2 heterocycles. The zero-order chi connectivity index (χ0) is 23.3. The fourth-order valence-electron chi connectivity index (χ4n) is 4.60. The van der Waals surface area contributed by atoms with Gasteiger partial charge in [0.25, 0.3) is 5.91 Å². The number of ketones is 1. The lowest BCUT2D eigenvalue weighted by Gasteiger charge is -2.26. The quantitative estimate of drug-likeness (QED) is 0.497. The Labute approximate surface area is 191 Å². The zero-order valence-electron chi connectivity index (χ0n) is 18.4. The van der Waals surface area contributed by atoms with E-state index in [1.165, 1.54) is 0 Å². The second-order valence-corrected chi connectivity index (χ2v) is 8.73. The van der Waals surface area contributed by atoms with E-state index in [2.05, 4.69) is 5.32 Å². The summed E-state index contributed by atoms with van der Waals surface area (Å²) in [6.07, 6.45) is 0.946. The predicted octanol–water partition coefficient (Wildman–Crippen LogP) is 3.40. The van der Waals surface area contributed by atoms with Gasteiger partial charge in [-0.1, -0.05) is 36.4 Å². The average molecular weight is 441 g/mol. The van der Waals surface area contributed by atoms with Crippen molar-refractivity contribution in [2.75, 3.05) is 18.5 Å². The lowest BCUT2D eigenvalue weighted by molar-refractivity contribution is -0.130. The number of aryl methyl sites for hydroxylation is 1. The third-order valence-electron chi connectivity index (χ3n) is 6.65. The monoisotopic (exact) mass is 441 g/mol. The van der Waals surface area contributed by atoms with E-state index >= 15 is 0 Å². The fraction of sp³-hybridized carbons (Fsp3) is 0.231. The van der Waals surface area contributed by atoms with Crippen LogP contribution in [0.4, 0.5) is 10.5 Å². The molecule has 3 aromatic carbocycles. The molecule has 2 aliphatic rings. The minimum atomic E-state index is -1.25. The molecule has 7 heteroatoms. The Kier molecular flexibility index (Phi) is 4.78. The summed E-state index contributed by atoms with van der Waals surface area (Å²) < 4.78 is 0. The molecule has 1 N–H and O–H groups in total. The Morgan fingerprint density at radius 1 is 0.970 bits per heavy atom. The van der Waals surface area contributed by atoms with Crippen LogP contribution in [-0.4, -0.2) is 42.1 Å². The van der Waals surface area contributed by atoms with E-state index in [1.54, 1.807) is 37.1 Å². The summed E-state index contributed by atoms with van der Waals surface area (Å²) in [5.41, 5.74) is 1.51. The van der Waals surface area contributed by atoms with Crippen molar-refractivity contribution >= 4 is 40.1 Å². The van der Waals surface area contributed by atoms with Crippen LogP contribution in [0.5, 0.6) is 0 Å². The number of imide groups is 1. The Morgan fingerprint density at radius 3 is 2.52 bits per heavy atom. The number of fused-ring (bicyclic) bond motifs is 2. The lowest BCUT2D eigenvalue weighted by atomic mass is 9.90. The second kappa shape index (κ2) is 7.55. The normalized spacial score (nSPS) is 20.2. The maximum Gasteiger partial charge on any atom is 0.325 e. The highest BCUT2D eigenvalue weighted by atomic mass is 16.2. The molecule has 4 amide bonds. The number of rotatable bonds is 4. The van der Waals surface area contributed by atoms with E-state index in [4.69, 9.17) is 0 Å². The number of anilines is 1. The minimum Gasteiger partial charge on any atom is -0.319 e. The Balaban J connectivity index is 1.39. The second-order valence-electron chi connectivity index (χ2n) is 8.73. The van der Waals surface area contributed by atoms with Crippen LogP contribution in [0.3, 0.4) is 0 Å².